The minimum Gasteiger partial charge on any atom is -0.278 e. The molecule has 1 aromatic heterocycles. The van der Waals surface area contributed by atoms with E-state index >= 15 is 0 Å². The highest BCUT2D eigenvalue weighted by molar-refractivity contribution is 5.88. The minimum absolute atomic E-state index is 0.196. The van der Waals surface area contributed by atoms with Crippen LogP contribution >= 0.6 is 0 Å². The van der Waals surface area contributed by atoms with Crippen molar-refractivity contribution < 1.29 is 0 Å². The Balaban J connectivity index is 0.000000243. The Bertz CT molecular complexity index is 1340. The van der Waals surface area contributed by atoms with Crippen LogP contribution in [0.4, 0.5) is 5.69 Å². The quantitative estimate of drug-likeness (QED) is 0.326. The minimum atomic E-state index is 0.196. The molecular weight excluding hydrogens is 402 g/mol. The second kappa shape index (κ2) is 10.3. The monoisotopic (exact) mass is 433 g/mol. The predicted molar refractivity (Wildman–Crippen MR) is 142 cm³/mol. The molecule has 33 heavy (non-hydrogen) atoms. The maximum absolute atomic E-state index is 4.60. The molecule has 1 atom stereocenters. The number of aromatic amines is 1. The first kappa shape index (κ1) is 22.5. The molecule has 3 heteroatoms. The summed E-state index contributed by atoms with van der Waals surface area (Å²) >= 11 is 0. The normalized spacial score (nSPS) is 15.0. The highest BCUT2D eigenvalue weighted by Crippen LogP contribution is 2.38. The van der Waals surface area contributed by atoms with E-state index in [0.29, 0.717) is 0 Å². The zero-order valence-corrected chi connectivity index (χ0v) is 19.8. The van der Waals surface area contributed by atoms with Gasteiger partial charge in [-0.3, -0.25) is 10.1 Å². The fourth-order valence-electron chi connectivity index (χ4n) is 4.16. The molecule has 0 saturated heterocycles. The maximum atomic E-state index is 4.60. The lowest BCUT2D eigenvalue weighted by Gasteiger charge is -2.12. The van der Waals surface area contributed by atoms with Gasteiger partial charge in [-0.2, -0.15) is 5.10 Å². The first-order chi connectivity index (χ1) is 16.1. The van der Waals surface area contributed by atoms with Crippen LogP contribution in [0.5, 0.6) is 0 Å². The van der Waals surface area contributed by atoms with Crippen LogP contribution in [-0.2, 0) is 6.42 Å². The van der Waals surface area contributed by atoms with E-state index in [4.69, 9.17) is 0 Å². The standard InChI is InChI=1S/C21H19N3.C9H12/c1-3-4-5-14(2)15-8-9-20-18(10-15)19(13-22-20)16-6-7-17-12-23-24-21(17)11-16;1-3-9-7-5-4-6-8(9)2/h3-13,19H,1-2H3,(H,23,24);4-7H,3H2,1-2H3/b4-3-,14-5+;. The Kier molecular flexibility index (Phi) is 6.99. The SMILES string of the molecule is C/C=C\C=C(/C)c1ccc2c(c1)C(c1ccc3cn[nH]c3c1)C=N2.CCc1ccccc1C. The number of nitrogens with zero attached hydrogens (tertiary/aromatic N) is 2. The zero-order valence-electron chi connectivity index (χ0n) is 19.8. The number of allylic oxidation sites excluding steroid dienone is 4. The van der Waals surface area contributed by atoms with Crippen molar-refractivity contribution in [2.75, 3.05) is 0 Å². The van der Waals surface area contributed by atoms with Crippen LogP contribution in [0.3, 0.4) is 0 Å². The zero-order chi connectivity index (χ0) is 23.2. The topological polar surface area (TPSA) is 41.0 Å². The summed E-state index contributed by atoms with van der Waals surface area (Å²) in [7, 11) is 0. The molecule has 166 valence electrons. The van der Waals surface area contributed by atoms with Gasteiger partial charge in [-0.15, -0.1) is 0 Å². The number of nitrogens with one attached hydrogen (secondary N) is 1. The van der Waals surface area contributed by atoms with Crippen molar-refractivity contribution in [3.8, 4) is 0 Å². The van der Waals surface area contributed by atoms with Gasteiger partial charge in [0.25, 0.3) is 0 Å². The van der Waals surface area contributed by atoms with Crippen molar-refractivity contribution >= 4 is 28.4 Å². The summed E-state index contributed by atoms with van der Waals surface area (Å²) < 4.78 is 0. The average molecular weight is 434 g/mol. The number of hydrogen-bond acceptors (Lipinski definition) is 2. The van der Waals surface area contributed by atoms with E-state index in [9.17, 15) is 0 Å². The Labute approximate surface area is 196 Å². The van der Waals surface area contributed by atoms with Gasteiger partial charge in [-0.25, -0.2) is 0 Å². The molecule has 0 saturated carbocycles. The third kappa shape index (κ3) is 5.04. The van der Waals surface area contributed by atoms with Crippen molar-refractivity contribution in [2.24, 2.45) is 4.99 Å². The van der Waals surface area contributed by atoms with Crippen LogP contribution < -0.4 is 0 Å². The van der Waals surface area contributed by atoms with Gasteiger partial charge in [0.15, 0.2) is 0 Å². The first-order valence-corrected chi connectivity index (χ1v) is 11.6. The molecule has 1 aliphatic heterocycles. The molecule has 0 fully saturated rings. The third-order valence-electron chi connectivity index (χ3n) is 6.19. The van der Waals surface area contributed by atoms with Crippen LogP contribution in [0.15, 0.2) is 90.1 Å². The highest BCUT2D eigenvalue weighted by Gasteiger charge is 2.21. The van der Waals surface area contributed by atoms with Crippen molar-refractivity contribution in [1.29, 1.82) is 0 Å². The summed E-state index contributed by atoms with van der Waals surface area (Å²) in [5.41, 5.74) is 9.98. The third-order valence-corrected chi connectivity index (χ3v) is 6.19. The lowest BCUT2D eigenvalue weighted by atomic mass is 9.90. The number of aryl methyl sites for hydroxylation is 2. The molecule has 1 aliphatic rings. The molecule has 3 nitrogen and oxygen atoms in total. The molecular formula is C30H31N3. The molecule has 0 bridgehead atoms. The Morgan fingerprint density at radius 1 is 1.06 bits per heavy atom. The summed E-state index contributed by atoms with van der Waals surface area (Å²) in [4.78, 5) is 4.60. The van der Waals surface area contributed by atoms with Crippen LogP contribution in [-0.4, -0.2) is 16.4 Å². The molecule has 1 N–H and O–H groups in total. The predicted octanol–water partition coefficient (Wildman–Crippen LogP) is 7.95. The van der Waals surface area contributed by atoms with Crippen molar-refractivity contribution in [2.45, 2.75) is 40.0 Å². The van der Waals surface area contributed by atoms with Gasteiger partial charge in [0.05, 0.1) is 17.4 Å². The number of hydrogen-bond donors (Lipinski definition) is 1. The van der Waals surface area contributed by atoms with E-state index in [1.165, 1.54) is 33.4 Å². The number of H-pyrrole nitrogens is 1. The second-order valence-electron chi connectivity index (χ2n) is 8.40. The van der Waals surface area contributed by atoms with Crippen molar-refractivity contribution in [1.82, 2.24) is 10.2 Å². The summed E-state index contributed by atoms with van der Waals surface area (Å²) in [5, 5.41) is 8.29. The van der Waals surface area contributed by atoms with Crippen LogP contribution in [0.1, 0.15) is 54.5 Å². The summed E-state index contributed by atoms with van der Waals surface area (Å²) in [5.74, 6) is 0.196. The van der Waals surface area contributed by atoms with Gasteiger partial charge in [0.2, 0.25) is 0 Å². The molecule has 0 spiro atoms. The summed E-state index contributed by atoms with van der Waals surface area (Å²) in [6.45, 7) is 8.51. The molecule has 3 aromatic carbocycles. The fraction of sp³-hybridized carbons (Fsp3) is 0.200. The van der Waals surface area contributed by atoms with Crippen molar-refractivity contribution in [3.05, 3.63) is 113 Å². The van der Waals surface area contributed by atoms with E-state index in [-0.39, 0.29) is 5.92 Å². The second-order valence-corrected chi connectivity index (χ2v) is 8.40. The smallest absolute Gasteiger partial charge is 0.0668 e. The number of aromatic nitrogens is 2. The lowest BCUT2D eigenvalue weighted by molar-refractivity contribution is 1.11. The van der Waals surface area contributed by atoms with E-state index in [1.807, 2.05) is 25.4 Å². The summed E-state index contributed by atoms with van der Waals surface area (Å²) in [6.07, 6.45) is 11.3. The van der Waals surface area contributed by atoms with E-state index in [2.05, 4.69) is 109 Å². The van der Waals surface area contributed by atoms with E-state index in [0.717, 1.165) is 23.0 Å². The van der Waals surface area contributed by atoms with Gasteiger partial charge in [-0.05, 0) is 78.8 Å². The molecule has 1 unspecified atom stereocenters. The van der Waals surface area contributed by atoms with Crippen LogP contribution in [0.25, 0.3) is 16.5 Å². The average Bonchev–Trinajstić information content (AvgIpc) is 3.49. The maximum Gasteiger partial charge on any atom is 0.0668 e. The lowest BCUT2D eigenvalue weighted by Crippen LogP contribution is -1.99. The molecule has 0 radical (unpaired) electrons. The largest absolute Gasteiger partial charge is 0.278 e. The van der Waals surface area contributed by atoms with Crippen molar-refractivity contribution in [3.63, 3.8) is 0 Å². The number of fused-ring (bicyclic) bond motifs is 2. The molecule has 2 heterocycles. The number of benzene rings is 3. The molecule has 5 rings (SSSR count). The van der Waals surface area contributed by atoms with Gasteiger partial charge in [0, 0.05) is 17.5 Å². The van der Waals surface area contributed by atoms with E-state index < -0.39 is 0 Å². The summed E-state index contributed by atoms with van der Waals surface area (Å²) in [6, 6.07) is 21.5. The highest BCUT2D eigenvalue weighted by atomic mass is 15.1. The fourth-order valence-corrected chi connectivity index (χ4v) is 4.16. The molecule has 0 amide bonds. The van der Waals surface area contributed by atoms with Gasteiger partial charge in [-0.1, -0.05) is 67.6 Å². The number of rotatable bonds is 4. The van der Waals surface area contributed by atoms with E-state index in [1.54, 1.807) is 0 Å². The molecule has 0 aliphatic carbocycles. The first-order valence-electron chi connectivity index (χ1n) is 11.6. The van der Waals surface area contributed by atoms with Gasteiger partial charge >= 0.3 is 0 Å². The van der Waals surface area contributed by atoms with Gasteiger partial charge < -0.3 is 0 Å². The Morgan fingerprint density at radius 3 is 2.67 bits per heavy atom. The Hall–Kier alpha value is -3.72. The Morgan fingerprint density at radius 2 is 1.91 bits per heavy atom. The van der Waals surface area contributed by atoms with Crippen LogP contribution in [0.2, 0.25) is 0 Å². The van der Waals surface area contributed by atoms with Gasteiger partial charge in [0.1, 0.15) is 0 Å². The molecule has 4 aromatic rings. The van der Waals surface area contributed by atoms with Crippen LogP contribution in [0, 0.1) is 6.92 Å². The number of aliphatic imine (C=N–C) groups is 1.